The number of rotatable bonds is 4. The van der Waals surface area contributed by atoms with Crippen LogP contribution in [0, 0.1) is 0 Å². The molecular formula is C18H28N2O3. The molecule has 1 aromatic rings. The van der Waals surface area contributed by atoms with Crippen molar-refractivity contribution in [3.8, 4) is 0 Å². The second-order valence-corrected chi connectivity index (χ2v) is 7.04. The Morgan fingerprint density at radius 2 is 2.00 bits per heavy atom. The minimum absolute atomic E-state index is 0.0122. The van der Waals surface area contributed by atoms with Gasteiger partial charge in [-0.2, -0.15) is 0 Å². The van der Waals surface area contributed by atoms with Gasteiger partial charge >= 0.3 is 6.09 Å². The molecule has 5 heteroatoms. The predicted molar refractivity (Wildman–Crippen MR) is 90.3 cm³/mol. The number of benzene rings is 1. The monoisotopic (exact) mass is 320 g/mol. The molecule has 1 amide bonds. The van der Waals surface area contributed by atoms with Crippen molar-refractivity contribution in [2.45, 2.75) is 51.5 Å². The summed E-state index contributed by atoms with van der Waals surface area (Å²) in [5.74, 6) is 0. The molecule has 128 valence electrons. The molecule has 1 fully saturated rings. The summed E-state index contributed by atoms with van der Waals surface area (Å²) >= 11 is 0. The highest BCUT2D eigenvalue weighted by Crippen LogP contribution is 2.17. The Hall–Kier alpha value is -1.59. The zero-order valence-corrected chi connectivity index (χ0v) is 14.5. The predicted octanol–water partition coefficient (Wildman–Crippen LogP) is 2.80. The smallest absolute Gasteiger partial charge is 0.407 e. The Kier molecular flexibility index (Phi) is 6.02. The Bertz CT molecular complexity index is 499. The van der Waals surface area contributed by atoms with Crippen LogP contribution in [0.25, 0.3) is 0 Å². The van der Waals surface area contributed by atoms with Crippen molar-refractivity contribution in [3.05, 3.63) is 35.9 Å². The standard InChI is InChI=1S/C18H28N2O3/c1-18(2,3)23-17(21)19-15-10-11-20(13-16(15)22-4)12-14-8-6-5-7-9-14/h5-9,15-16H,10-13H2,1-4H3,(H,19,21)/t15-,16-/m1/s1. The number of amides is 1. The van der Waals surface area contributed by atoms with Crippen LogP contribution in [0.4, 0.5) is 4.79 Å². The molecule has 1 aliphatic rings. The summed E-state index contributed by atoms with van der Waals surface area (Å²) in [6.07, 6.45) is 0.450. The minimum Gasteiger partial charge on any atom is -0.444 e. The first-order chi connectivity index (χ1) is 10.9. The molecule has 0 aliphatic carbocycles. The summed E-state index contributed by atoms with van der Waals surface area (Å²) in [5, 5.41) is 2.95. The summed E-state index contributed by atoms with van der Waals surface area (Å²) in [5.41, 5.74) is 0.807. The minimum atomic E-state index is -0.485. The lowest BCUT2D eigenvalue weighted by Crippen LogP contribution is -2.55. The van der Waals surface area contributed by atoms with Crippen LogP contribution >= 0.6 is 0 Å². The lowest BCUT2D eigenvalue weighted by molar-refractivity contribution is -0.00447. The topological polar surface area (TPSA) is 50.8 Å². The van der Waals surface area contributed by atoms with Crippen LogP contribution in [-0.2, 0) is 16.0 Å². The van der Waals surface area contributed by atoms with Gasteiger partial charge in [-0.05, 0) is 32.8 Å². The van der Waals surface area contributed by atoms with Gasteiger partial charge in [0.2, 0.25) is 0 Å². The molecular weight excluding hydrogens is 292 g/mol. The highest BCUT2D eigenvalue weighted by Gasteiger charge is 2.31. The molecule has 1 aromatic carbocycles. The van der Waals surface area contributed by atoms with Gasteiger partial charge in [0.25, 0.3) is 0 Å². The van der Waals surface area contributed by atoms with E-state index in [2.05, 4.69) is 34.5 Å². The number of ether oxygens (including phenoxy) is 2. The number of likely N-dealkylation sites (tertiary alicyclic amines) is 1. The van der Waals surface area contributed by atoms with Gasteiger partial charge in [-0.15, -0.1) is 0 Å². The van der Waals surface area contributed by atoms with Gasteiger partial charge in [0, 0.05) is 26.7 Å². The number of hydrogen-bond donors (Lipinski definition) is 1. The van der Waals surface area contributed by atoms with Gasteiger partial charge in [0.05, 0.1) is 12.1 Å². The van der Waals surface area contributed by atoms with Crippen LogP contribution in [-0.4, -0.2) is 48.9 Å². The van der Waals surface area contributed by atoms with Crippen molar-refractivity contribution in [1.82, 2.24) is 10.2 Å². The number of hydrogen-bond acceptors (Lipinski definition) is 4. The first-order valence-corrected chi connectivity index (χ1v) is 8.16. The Morgan fingerprint density at radius 1 is 1.30 bits per heavy atom. The Morgan fingerprint density at radius 3 is 2.61 bits per heavy atom. The molecule has 0 unspecified atom stereocenters. The molecule has 0 radical (unpaired) electrons. The van der Waals surface area contributed by atoms with E-state index in [0.29, 0.717) is 0 Å². The zero-order chi connectivity index (χ0) is 16.9. The van der Waals surface area contributed by atoms with E-state index in [4.69, 9.17) is 9.47 Å². The summed E-state index contributed by atoms with van der Waals surface area (Å²) in [4.78, 5) is 14.3. The number of methoxy groups -OCH3 is 1. The second kappa shape index (κ2) is 7.79. The Balaban J connectivity index is 1.87. The van der Waals surface area contributed by atoms with Crippen LogP contribution in [0.5, 0.6) is 0 Å². The number of alkyl carbamates (subject to hydrolysis) is 1. The summed E-state index contributed by atoms with van der Waals surface area (Å²) < 4.78 is 10.9. The third-order valence-corrected chi connectivity index (χ3v) is 3.90. The van der Waals surface area contributed by atoms with Crippen molar-refractivity contribution in [3.63, 3.8) is 0 Å². The number of nitrogens with zero attached hydrogens (tertiary/aromatic N) is 1. The molecule has 1 saturated heterocycles. The lowest BCUT2D eigenvalue weighted by atomic mass is 10.0. The third kappa shape index (κ3) is 5.84. The first kappa shape index (κ1) is 17.8. The largest absolute Gasteiger partial charge is 0.444 e. The fourth-order valence-corrected chi connectivity index (χ4v) is 2.83. The SMILES string of the molecule is CO[C@@H]1CN(Cc2ccccc2)CC[C@H]1NC(=O)OC(C)(C)C. The van der Waals surface area contributed by atoms with Gasteiger partial charge in [-0.25, -0.2) is 4.79 Å². The maximum atomic E-state index is 12.0. The van der Waals surface area contributed by atoms with E-state index in [1.54, 1.807) is 7.11 Å². The van der Waals surface area contributed by atoms with E-state index < -0.39 is 5.60 Å². The maximum Gasteiger partial charge on any atom is 0.407 e. The fraction of sp³-hybridized carbons (Fsp3) is 0.611. The van der Waals surface area contributed by atoms with Crippen LogP contribution in [0.15, 0.2) is 30.3 Å². The van der Waals surface area contributed by atoms with Gasteiger partial charge < -0.3 is 14.8 Å². The highest BCUT2D eigenvalue weighted by molar-refractivity contribution is 5.68. The molecule has 0 spiro atoms. The molecule has 1 N–H and O–H groups in total. The first-order valence-electron chi connectivity index (χ1n) is 8.16. The molecule has 0 saturated carbocycles. The van der Waals surface area contributed by atoms with Crippen LogP contribution in [0.3, 0.4) is 0 Å². The van der Waals surface area contributed by atoms with Crippen molar-refractivity contribution in [1.29, 1.82) is 0 Å². The van der Waals surface area contributed by atoms with Crippen molar-refractivity contribution < 1.29 is 14.3 Å². The van der Waals surface area contributed by atoms with E-state index in [-0.39, 0.29) is 18.2 Å². The van der Waals surface area contributed by atoms with Gasteiger partial charge in [0.15, 0.2) is 0 Å². The quantitative estimate of drug-likeness (QED) is 0.927. The molecule has 1 aliphatic heterocycles. The van der Waals surface area contributed by atoms with Gasteiger partial charge in [0.1, 0.15) is 5.60 Å². The highest BCUT2D eigenvalue weighted by atomic mass is 16.6. The van der Waals surface area contributed by atoms with E-state index >= 15 is 0 Å². The van der Waals surface area contributed by atoms with Crippen LogP contribution < -0.4 is 5.32 Å². The normalized spacial score (nSPS) is 22.6. The van der Waals surface area contributed by atoms with E-state index in [1.165, 1.54) is 5.56 Å². The average Bonchev–Trinajstić information content (AvgIpc) is 2.48. The molecule has 0 aromatic heterocycles. The van der Waals surface area contributed by atoms with Crippen LogP contribution in [0.2, 0.25) is 0 Å². The summed E-state index contributed by atoms with van der Waals surface area (Å²) in [6, 6.07) is 10.4. The summed E-state index contributed by atoms with van der Waals surface area (Å²) in [6.45, 7) is 8.22. The van der Waals surface area contributed by atoms with Crippen LogP contribution in [0.1, 0.15) is 32.8 Å². The zero-order valence-electron chi connectivity index (χ0n) is 14.5. The number of carbonyl (C=O) groups excluding carboxylic acids is 1. The third-order valence-electron chi connectivity index (χ3n) is 3.90. The van der Waals surface area contributed by atoms with E-state index in [0.717, 1.165) is 26.1 Å². The van der Waals surface area contributed by atoms with E-state index in [9.17, 15) is 4.79 Å². The number of nitrogens with one attached hydrogen (secondary N) is 1. The van der Waals surface area contributed by atoms with E-state index in [1.807, 2.05) is 26.8 Å². The maximum absolute atomic E-state index is 12.0. The fourth-order valence-electron chi connectivity index (χ4n) is 2.83. The summed E-state index contributed by atoms with van der Waals surface area (Å²) in [7, 11) is 1.69. The number of carbonyl (C=O) groups is 1. The molecule has 1 heterocycles. The average molecular weight is 320 g/mol. The van der Waals surface area contributed by atoms with Crippen molar-refractivity contribution >= 4 is 6.09 Å². The Labute approximate surface area is 139 Å². The van der Waals surface area contributed by atoms with Gasteiger partial charge in [-0.3, -0.25) is 4.90 Å². The molecule has 23 heavy (non-hydrogen) atoms. The second-order valence-electron chi connectivity index (χ2n) is 7.04. The van der Waals surface area contributed by atoms with Crippen molar-refractivity contribution in [2.75, 3.05) is 20.2 Å². The lowest BCUT2D eigenvalue weighted by Gasteiger charge is -2.38. The van der Waals surface area contributed by atoms with Gasteiger partial charge in [-0.1, -0.05) is 30.3 Å². The molecule has 0 bridgehead atoms. The van der Waals surface area contributed by atoms with Crippen molar-refractivity contribution in [2.24, 2.45) is 0 Å². The molecule has 5 nitrogen and oxygen atoms in total. The number of piperidine rings is 1. The molecule has 2 rings (SSSR count). The molecule has 2 atom stereocenters.